The molecule has 1 saturated heterocycles. The van der Waals surface area contributed by atoms with Gasteiger partial charge in [-0.2, -0.15) is 8.78 Å². The van der Waals surface area contributed by atoms with Gasteiger partial charge in [-0.1, -0.05) is 31.4 Å². The maximum absolute atomic E-state index is 13.3. The molecule has 156 valence electrons. The molecule has 0 bridgehead atoms. The van der Waals surface area contributed by atoms with Gasteiger partial charge in [0.25, 0.3) is 11.8 Å². The van der Waals surface area contributed by atoms with Crippen LogP contribution in [0, 0.1) is 5.92 Å². The van der Waals surface area contributed by atoms with Crippen molar-refractivity contribution in [2.24, 2.45) is 5.92 Å². The molecule has 29 heavy (non-hydrogen) atoms. The number of hydrogen-bond acceptors (Lipinski definition) is 3. The van der Waals surface area contributed by atoms with Crippen molar-refractivity contribution in [3.63, 3.8) is 0 Å². The quantitative estimate of drug-likeness (QED) is 0.492. The number of amides is 1. The second-order valence-electron chi connectivity index (χ2n) is 7.04. The summed E-state index contributed by atoms with van der Waals surface area (Å²) in [6, 6.07) is 2.81. The number of anilines is 1. The number of carbonyl (C=O) groups excluding carboxylic acids is 1. The van der Waals surface area contributed by atoms with Crippen molar-refractivity contribution in [1.29, 1.82) is 0 Å². The Morgan fingerprint density at radius 1 is 1.31 bits per heavy atom. The van der Waals surface area contributed by atoms with Gasteiger partial charge >= 0.3 is 0 Å². The van der Waals surface area contributed by atoms with E-state index in [1.165, 1.54) is 23.2 Å². The van der Waals surface area contributed by atoms with Crippen molar-refractivity contribution in [3.05, 3.63) is 72.5 Å². The van der Waals surface area contributed by atoms with Crippen LogP contribution in [0.25, 0.3) is 0 Å². The smallest absolute Gasteiger partial charge is 0.286 e. The fraction of sp³-hybridized carbons (Fsp3) is 0.364. The first-order valence-electron chi connectivity index (χ1n) is 9.40. The number of rotatable bonds is 7. The number of hydrogen-bond donors (Lipinski definition) is 1. The molecule has 0 radical (unpaired) electrons. The fourth-order valence-electron chi connectivity index (χ4n) is 3.22. The summed E-state index contributed by atoms with van der Waals surface area (Å²) in [6.07, 6.45) is 8.37. The Kier molecular flexibility index (Phi) is 7.42. The van der Waals surface area contributed by atoms with Gasteiger partial charge in [0, 0.05) is 25.7 Å². The summed E-state index contributed by atoms with van der Waals surface area (Å²) in [7, 11) is 0. The van der Waals surface area contributed by atoms with Crippen LogP contribution in [0.5, 0.6) is 0 Å². The Morgan fingerprint density at radius 2 is 1.97 bits per heavy atom. The van der Waals surface area contributed by atoms with Crippen LogP contribution in [-0.2, 0) is 10.7 Å². The van der Waals surface area contributed by atoms with Gasteiger partial charge in [-0.3, -0.25) is 9.78 Å². The van der Waals surface area contributed by atoms with E-state index in [0.29, 0.717) is 37.3 Å². The number of allylic oxidation sites excluding steroid dienone is 4. The van der Waals surface area contributed by atoms with Gasteiger partial charge in [-0.25, -0.2) is 4.39 Å². The summed E-state index contributed by atoms with van der Waals surface area (Å²) in [5.41, 5.74) is 1.82. The maximum atomic E-state index is 13.3. The van der Waals surface area contributed by atoms with E-state index in [0.717, 1.165) is 12.5 Å². The summed E-state index contributed by atoms with van der Waals surface area (Å²) in [6.45, 7) is 10.7. The first-order valence-corrected chi connectivity index (χ1v) is 9.40. The van der Waals surface area contributed by atoms with Crippen LogP contribution in [0.2, 0.25) is 0 Å². The van der Waals surface area contributed by atoms with Crippen LogP contribution in [0.4, 0.5) is 18.9 Å². The topological polar surface area (TPSA) is 45.2 Å². The summed E-state index contributed by atoms with van der Waals surface area (Å²) in [5.74, 6) is -4.50. The fourth-order valence-corrected chi connectivity index (χ4v) is 3.22. The van der Waals surface area contributed by atoms with Crippen LogP contribution in [-0.4, -0.2) is 28.9 Å². The average Bonchev–Trinajstić information content (AvgIpc) is 2.68. The van der Waals surface area contributed by atoms with E-state index in [-0.39, 0.29) is 11.6 Å². The molecule has 0 aliphatic carbocycles. The largest absolute Gasteiger partial charge is 0.355 e. The standard InChI is InChI=1S/C22H26F3N3O/c1-5-6-7-19(17-10-12-28(13-11-17)21(29)15(2)23)16(3)27-18-8-9-20(26-14-18)22(4,24)25/h5-9,14,17,27H,2-3,10-13H2,1,4H3/b6-5-,19-7+. The highest BCUT2D eigenvalue weighted by atomic mass is 19.3. The molecule has 1 amide bonds. The van der Waals surface area contributed by atoms with Crippen LogP contribution >= 0.6 is 0 Å². The third kappa shape index (κ3) is 6.07. The molecule has 4 nitrogen and oxygen atoms in total. The minimum absolute atomic E-state index is 0.121. The lowest BCUT2D eigenvalue weighted by Gasteiger charge is -2.33. The number of pyridine rings is 1. The third-order valence-corrected chi connectivity index (χ3v) is 4.78. The summed E-state index contributed by atoms with van der Waals surface area (Å²) in [4.78, 5) is 17.0. The maximum Gasteiger partial charge on any atom is 0.286 e. The number of carbonyl (C=O) groups is 1. The van der Waals surface area contributed by atoms with Crippen molar-refractivity contribution < 1.29 is 18.0 Å². The van der Waals surface area contributed by atoms with E-state index in [4.69, 9.17) is 0 Å². The van der Waals surface area contributed by atoms with E-state index in [1.54, 1.807) is 0 Å². The number of piperidine rings is 1. The molecule has 0 saturated carbocycles. The molecule has 0 atom stereocenters. The summed E-state index contributed by atoms with van der Waals surface area (Å²) < 4.78 is 39.7. The zero-order valence-corrected chi connectivity index (χ0v) is 16.7. The number of nitrogens with one attached hydrogen (secondary N) is 1. The molecular weight excluding hydrogens is 379 g/mol. The predicted octanol–water partition coefficient (Wildman–Crippen LogP) is 5.34. The normalized spacial score (nSPS) is 16.2. The van der Waals surface area contributed by atoms with Gasteiger partial charge in [-0.15, -0.1) is 0 Å². The molecular formula is C22H26F3N3O. The van der Waals surface area contributed by atoms with E-state index < -0.39 is 17.7 Å². The minimum atomic E-state index is -3.00. The van der Waals surface area contributed by atoms with Crippen LogP contribution in [0.15, 0.2) is 66.8 Å². The molecule has 1 aromatic heterocycles. The average molecular weight is 405 g/mol. The Balaban J connectivity index is 2.09. The van der Waals surface area contributed by atoms with E-state index in [9.17, 15) is 18.0 Å². The lowest BCUT2D eigenvalue weighted by atomic mass is 9.87. The molecule has 1 aliphatic rings. The van der Waals surface area contributed by atoms with E-state index in [2.05, 4.69) is 23.5 Å². The molecule has 1 aliphatic heterocycles. The first-order chi connectivity index (χ1) is 13.6. The van der Waals surface area contributed by atoms with Gasteiger partial charge in [0.05, 0.1) is 11.9 Å². The predicted molar refractivity (Wildman–Crippen MR) is 109 cm³/mol. The summed E-state index contributed by atoms with van der Waals surface area (Å²) in [5, 5.41) is 3.12. The summed E-state index contributed by atoms with van der Waals surface area (Å²) >= 11 is 0. The Hall–Kier alpha value is -2.83. The molecule has 1 aromatic rings. The van der Waals surface area contributed by atoms with Crippen molar-refractivity contribution in [1.82, 2.24) is 9.88 Å². The van der Waals surface area contributed by atoms with Gasteiger partial charge in [-0.05, 0) is 43.4 Å². The van der Waals surface area contributed by atoms with Gasteiger partial charge in [0.15, 0.2) is 5.83 Å². The van der Waals surface area contributed by atoms with Crippen LogP contribution < -0.4 is 5.32 Å². The zero-order valence-electron chi connectivity index (χ0n) is 16.7. The number of halogens is 3. The van der Waals surface area contributed by atoms with Crippen LogP contribution in [0.1, 0.15) is 32.4 Å². The first kappa shape index (κ1) is 22.5. The number of aromatic nitrogens is 1. The Labute approximate surface area is 169 Å². The van der Waals surface area contributed by atoms with Gasteiger partial charge in [0.2, 0.25) is 0 Å². The molecule has 1 fully saturated rings. The van der Waals surface area contributed by atoms with Crippen molar-refractivity contribution in [2.45, 2.75) is 32.6 Å². The Bertz CT molecular complexity index is 815. The second-order valence-corrected chi connectivity index (χ2v) is 7.04. The molecule has 0 aromatic carbocycles. The van der Waals surface area contributed by atoms with Crippen molar-refractivity contribution in [2.75, 3.05) is 18.4 Å². The third-order valence-electron chi connectivity index (χ3n) is 4.78. The lowest BCUT2D eigenvalue weighted by Crippen LogP contribution is -2.39. The Morgan fingerprint density at radius 3 is 2.45 bits per heavy atom. The minimum Gasteiger partial charge on any atom is -0.355 e. The monoisotopic (exact) mass is 405 g/mol. The molecule has 1 N–H and O–H groups in total. The van der Waals surface area contributed by atoms with Crippen molar-refractivity contribution >= 4 is 11.6 Å². The van der Waals surface area contributed by atoms with E-state index in [1.807, 2.05) is 25.2 Å². The van der Waals surface area contributed by atoms with E-state index >= 15 is 0 Å². The van der Waals surface area contributed by atoms with Gasteiger partial charge < -0.3 is 10.2 Å². The molecule has 2 rings (SSSR count). The lowest BCUT2D eigenvalue weighted by molar-refractivity contribution is -0.129. The number of likely N-dealkylation sites (tertiary alicyclic amines) is 1. The highest BCUT2D eigenvalue weighted by Gasteiger charge is 2.28. The highest BCUT2D eigenvalue weighted by molar-refractivity contribution is 5.90. The molecule has 0 unspecified atom stereocenters. The number of alkyl halides is 2. The second kappa shape index (κ2) is 9.58. The van der Waals surface area contributed by atoms with Crippen molar-refractivity contribution in [3.8, 4) is 0 Å². The SMILES string of the molecule is C=C(F)C(=O)N1CCC(/C(=C/C=C\C)C(=C)Nc2ccc(C(C)(F)F)nc2)CC1. The van der Waals surface area contributed by atoms with Crippen LogP contribution in [0.3, 0.4) is 0 Å². The zero-order chi connectivity index (χ0) is 21.6. The highest BCUT2D eigenvalue weighted by Crippen LogP contribution is 2.31. The van der Waals surface area contributed by atoms with Gasteiger partial charge in [0.1, 0.15) is 5.69 Å². The number of nitrogens with zero attached hydrogens (tertiary/aromatic N) is 2. The molecule has 7 heteroatoms. The molecule has 0 spiro atoms. The molecule has 2 heterocycles.